The SMILES string of the molecule is O=C1OC(CNC(=S)CC2CCC2)CN1c1ccc(N2CCSCC2)c(F)c1. The number of thioether (sulfide) groups is 1. The van der Waals surface area contributed by atoms with Gasteiger partial charge in [0.2, 0.25) is 0 Å². The van der Waals surface area contributed by atoms with Gasteiger partial charge in [0.05, 0.1) is 29.5 Å². The number of hydrogen-bond donors (Lipinski definition) is 1. The first-order chi connectivity index (χ1) is 13.6. The average Bonchev–Trinajstić information content (AvgIpc) is 3.04. The maximum atomic E-state index is 14.7. The van der Waals surface area contributed by atoms with Crippen LogP contribution in [0.3, 0.4) is 0 Å². The zero-order valence-electron chi connectivity index (χ0n) is 15.9. The van der Waals surface area contributed by atoms with Gasteiger partial charge >= 0.3 is 6.09 Å². The van der Waals surface area contributed by atoms with Crippen LogP contribution in [-0.2, 0) is 4.74 Å². The molecule has 1 N–H and O–H groups in total. The second-order valence-corrected chi connectivity index (χ2v) is 9.37. The van der Waals surface area contributed by atoms with Gasteiger partial charge in [0.25, 0.3) is 0 Å². The number of thiocarbonyl (C=S) groups is 1. The molecule has 1 atom stereocenters. The normalized spacial score (nSPS) is 22.8. The molecule has 1 amide bonds. The number of cyclic esters (lactones) is 1. The molecule has 2 saturated heterocycles. The minimum atomic E-state index is -0.432. The number of nitrogens with one attached hydrogen (secondary N) is 1. The van der Waals surface area contributed by atoms with Crippen molar-refractivity contribution in [2.75, 3.05) is 47.5 Å². The molecule has 8 heteroatoms. The lowest BCUT2D eigenvalue weighted by Gasteiger charge is -2.29. The van der Waals surface area contributed by atoms with Crippen molar-refractivity contribution < 1.29 is 13.9 Å². The first-order valence-corrected chi connectivity index (χ1v) is 11.5. The lowest BCUT2D eigenvalue weighted by atomic mass is 9.83. The zero-order valence-corrected chi connectivity index (χ0v) is 17.5. The molecule has 1 aromatic rings. The third kappa shape index (κ3) is 4.54. The van der Waals surface area contributed by atoms with E-state index in [9.17, 15) is 9.18 Å². The summed E-state index contributed by atoms with van der Waals surface area (Å²) >= 11 is 7.28. The summed E-state index contributed by atoms with van der Waals surface area (Å²) in [6, 6.07) is 5.01. The Balaban J connectivity index is 1.33. The Morgan fingerprint density at radius 2 is 2.11 bits per heavy atom. The van der Waals surface area contributed by atoms with Crippen molar-refractivity contribution in [2.24, 2.45) is 5.92 Å². The number of ether oxygens (including phenoxy) is 1. The lowest BCUT2D eigenvalue weighted by molar-refractivity contribution is 0.142. The fourth-order valence-corrected chi connectivity index (χ4v) is 5.04. The second kappa shape index (κ2) is 8.86. The van der Waals surface area contributed by atoms with E-state index in [0.717, 1.165) is 36.0 Å². The monoisotopic (exact) mass is 423 g/mol. The van der Waals surface area contributed by atoms with E-state index in [1.165, 1.54) is 30.2 Å². The molecule has 2 heterocycles. The lowest BCUT2D eigenvalue weighted by Crippen LogP contribution is -2.35. The van der Waals surface area contributed by atoms with E-state index in [0.29, 0.717) is 30.4 Å². The van der Waals surface area contributed by atoms with Gasteiger partial charge in [-0.2, -0.15) is 11.8 Å². The van der Waals surface area contributed by atoms with Gasteiger partial charge in [0.1, 0.15) is 11.9 Å². The molecule has 3 aliphatic rings. The van der Waals surface area contributed by atoms with Crippen molar-refractivity contribution in [2.45, 2.75) is 31.8 Å². The van der Waals surface area contributed by atoms with E-state index in [2.05, 4.69) is 10.2 Å². The van der Waals surface area contributed by atoms with Gasteiger partial charge in [0, 0.05) is 31.0 Å². The number of benzene rings is 1. The first kappa shape index (κ1) is 19.8. The van der Waals surface area contributed by atoms with Crippen LogP contribution in [0.4, 0.5) is 20.6 Å². The summed E-state index contributed by atoms with van der Waals surface area (Å²) in [7, 11) is 0. The molecule has 3 fully saturated rings. The molecule has 152 valence electrons. The molecule has 5 nitrogen and oxygen atoms in total. The minimum absolute atomic E-state index is 0.284. The summed E-state index contributed by atoms with van der Waals surface area (Å²) in [4.78, 5) is 16.7. The standard InChI is InChI=1S/C20H26FN3O2S2/c21-17-11-15(4-5-18(17)23-6-8-28-9-7-23)24-13-16(26-20(24)25)12-22-19(27)10-14-2-1-3-14/h4-5,11,14,16H,1-3,6-10,12-13H2,(H,22,27). The van der Waals surface area contributed by atoms with Crippen LogP contribution in [-0.4, -0.2) is 54.9 Å². The Bertz CT molecular complexity index is 738. The number of hydrogen-bond acceptors (Lipinski definition) is 5. The zero-order chi connectivity index (χ0) is 19.5. The maximum Gasteiger partial charge on any atom is 0.414 e. The van der Waals surface area contributed by atoms with E-state index in [-0.39, 0.29) is 11.9 Å². The minimum Gasteiger partial charge on any atom is -0.442 e. The molecule has 1 aliphatic carbocycles. The van der Waals surface area contributed by atoms with Crippen LogP contribution in [0.15, 0.2) is 18.2 Å². The predicted molar refractivity (Wildman–Crippen MR) is 116 cm³/mol. The largest absolute Gasteiger partial charge is 0.442 e. The van der Waals surface area contributed by atoms with Gasteiger partial charge in [-0.15, -0.1) is 0 Å². The van der Waals surface area contributed by atoms with Crippen molar-refractivity contribution in [3.05, 3.63) is 24.0 Å². The molecular weight excluding hydrogens is 397 g/mol. The molecule has 4 rings (SSSR count). The summed E-state index contributed by atoms with van der Waals surface area (Å²) in [5, 5.41) is 3.22. The number of halogens is 1. The van der Waals surface area contributed by atoms with Gasteiger partial charge in [-0.1, -0.05) is 31.5 Å². The Morgan fingerprint density at radius 3 is 2.79 bits per heavy atom. The summed E-state index contributed by atoms with van der Waals surface area (Å²) in [5.41, 5.74) is 1.15. The van der Waals surface area contributed by atoms with Crippen LogP contribution in [0.25, 0.3) is 0 Å². The van der Waals surface area contributed by atoms with E-state index >= 15 is 0 Å². The van der Waals surface area contributed by atoms with Crippen molar-refractivity contribution in [3.63, 3.8) is 0 Å². The van der Waals surface area contributed by atoms with Gasteiger partial charge in [-0.05, 0) is 24.1 Å². The van der Waals surface area contributed by atoms with Crippen LogP contribution in [0, 0.1) is 11.7 Å². The Hall–Kier alpha value is -1.54. The number of carbonyl (C=O) groups is 1. The number of rotatable bonds is 6. The number of anilines is 2. The van der Waals surface area contributed by atoms with Crippen molar-refractivity contribution >= 4 is 46.4 Å². The fraction of sp³-hybridized carbons (Fsp3) is 0.600. The third-order valence-corrected chi connectivity index (χ3v) is 6.95. The first-order valence-electron chi connectivity index (χ1n) is 9.97. The highest BCUT2D eigenvalue weighted by Gasteiger charge is 2.33. The van der Waals surface area contributed by atoms with Crippen molar-refractivity contribution in [1.82, 2.24) is 5.32 Å². The highest BCUT2D eigenvalue weighted by Crippen LogP contribution is 2.30. The topological polar surface area (TPSA) is 44.8 Å². The fourth-order valence-electron chi connectivity index (χ4n) is 3.82. The van der Waals surface area contributed by atoms with Crippen LogP contribution in [0.2, 0.25) is 0 Å². The Labute approximate surface area is 175 Å². The smallest absolute Gasteiger partial charge is 0.414 e. The number of amides is 1. The molecule has 1 unspecified atom stereocenters. The molecule has 1 saturated carbocycles. The number of nitrogens with zero attached hydrogens (tertiary/aromatic N) is 2. The number of carbonyl (C=O) groups excluding carboxylic acids is 1. The highest BCUT2D eigenvalue weighted by molar-refractivity contribution is 7.99. The summed E-state index contributed by atoms with van der Waals surface area (Å²) < 4.78 is 20.1. The molecule has 0 spiro atoms. The van der Waals surface area contributed by atoms with Crippen LogP contribution >= 0.6 is 24.0 Å². The highest BCUT2D eigenvalue weighted by atomic mass is 32.2. The molecule has 2 aliphatic heterocycles. The maximum absolute atomic E-state index is 14.7. The molecule has 1 aromatic carbocycles. The van der Waals surface area contributed by atoms with E-state index in [4.69, 9.17) is 17.0 Å². The van der Waals surface area contributed by atoms with Gasteiger partial charge in [-0.25, -0.2) is 9.18 Å². The molecule has 0 radical (unpaired) electrons. The van der Waals surface area contributed by atoms with Crippen LogP contribution in [0.1, 0.15) is 25.7 Å². The van der Waals surface area contributed by atoms with Gasteiger partial charge in [-0.3, -0.25) is 4.90 Å². The van der Waals surface area contributed by atoms with E-state index in [1.807, 2.05) is 11.8 Å². The Morgan fingerprint density at radius 1 is 1.32 bits per heavy atom. The molecule has 0 bridgehead atoms. The van der Waals surface area contributed by atoms with Gasteiger partial charge < -0.3 is 15.0 Å². The quantitative estimate of drug-likeness (QED) is 0.702. The molecule has 0 aromatic heterocycles. The van der Waals surface area contributed by atoms with Crippen molar-refractivity contribution in [3.8, 4) is 0 Å². The van der Waals surface area contributed by atoms with Crippen LogP contribution in [0.5, 0.6) is 0 Å². The summed E-state index contributed by atoms with van der Waals surface area (Å²) in [6.07, 6.45) is 4.01. The third-order valence-electron chi connectivity index (χ3n) is 5.69. The summed E-state index contributed by atoms with van der Waals surface area (Å²) in [6.45, 7) is 2.60. The van der Waals surface area contributed by atoms with E-state index in [1.54, 1.807) is 12.1 Å². The summed E-state index contributed by atoms with van der Waals surface area (Å²) in [5.74, 6) is 2.44. The average molecular weight is 424 g/mol. The molecular formula is C20H26FN3O2S2. The Kier molecular flexibility index (Phi) is 6.25. The van der Waals surface area contributed by atoms with Crippen molar-refractivity contribution in [1.29, 1.82) is 0 Å². The van der Waals surface area contributed by atoms with Gasteiger partial charge in [0.15, 0.2) is 0 Å². The second-order valence-electron chi connectivity index (χ2n) is 7.66. The van der Waals surface area contributed by atoms with E-state index < -0.39 is 6.09 Å². The van der Waals surface area contributed by atoms with Crippen LogP contribution < -0.4 is 15.1 Å². The molecule has 28 heavy (non-hydrogen) atoms. The predicted octanol–water partition coefficient (Wildman–Crippen LogP) is 3.81.